The van der Waals surface area contributed by atoms with Crippen molar-refractivity contribution in [2.45, 2.75) is 25.0 Å². The summed E-state index contributed by atoms with van der Waals surface area (Å²) in [5.41, 5.74) is 0.889. The first-order chi connectivity index (χ1) is 10.3. The van der Waals surface area contributed by atoms with Crippen LogP contribution in [0.5, 0.6) is 0 Å². The van der Waals surface area contributed by atoms with Gasteiger partial charge in [-0.3, -0.25) is 14.6 Å². The Morgan fingerprint density at radius 2 is 2.14 bits per heavy atom. The normalized spacial score (nSPS) is 25.6. The first kappa shape index (κ1) is 13.3. The maximum absolute atomic E-state index is 12.9. The summed E-state index contributed by atoms with van der Waals surface area (Å²) in [5, 5.41) is 2.73. The summed E-state index contributed by atoms with van der Waals surface area (Å²) in [6, 6.07) is 11.8. The molecule has 1 aromatic carbocycles. The lowest BCUT2D eigenvalue weighted by atomic mass is 10.2. The van der Waals surface area contributed by atoms with Gasteiger partial charge in [0.15, 0.2) is 0 Å². The smallest absolute Gasteiger partial charge is 0.246 e. The lowest BCUT2D eigenvalue weighted by molar-refractivity contribution is -0.119. The van der Waals surface area contributed by atoms with Crippen LogP contribution in [-0.4, -0.2) is 23.4 Å². The van der Waals surface area contributed by atoms with Crippen molar-refractivity contribution in [1.82, 2.24) is 4.90 Å². The largest absolute Gasteiger partial charge is 0.290 e. The zero-order chi connectivity index (χ0) is 14.4. The van der Waals surface area contributed by atoms with Gasteiger partial charge in [0.1, 0.15) is 6.17 Å². The maximum Gasteiger partial charge on any atom is 0.246 e. The predicted molar refractivity (Wildman–Crippen MR) is 85.7 cm³/mol. The van der Waals surface area contributed by atoms with Crippen LogP contribution in [0.15, 0.2) is 41.8 Å². The average molecular weight is 319 g/mol. The van der Waals surface area contributed by atoms with Gasteiger partial charge in [-0.05, 0) is 42.5 Å². The molecule has 0 bridgehead atoms. The Bertz CT molecular complexity index is 673. The molecular weight excluding hydrogens is 304 g/mol. The molecule has 3 heterocycles. The SMILES string of the molecule is O=C1[C@@H]2CCCN2[C@@H](c2cccs2)N1c1cccc(Cl)c1. The number of rotatable bonds is 2. The quantitative estimate of drug-likeness (QED) is 0.838. The first-order valence-corrected chi connectivity index (χ1v) is 8.39. The highest BCUT2D eigenvalue weighted by atomic mass is 35.5. The average Bonchev–Trinajstić information content (AvgIpc) is 3.17. The minimum atomic E-state index is 0.0171. The second-order valence-corrected chi connectivity index (χ2v) is 6.89. The van der Waals surface area contributed by atoms with Crippen molar-refractivity contribution in [2.24, 2.45) is 0 Å². The Kier molecular flexibility index (Phi) is 3.25. The third-order valence-corrected chi connectivity index (χ3v) is 5.41. The van der Waals surface area contributed by atoms with Crippen molar-refractivity contribution in [3.63, 3.8) is 0 Å². The fourth-order valence-corrected chi connectivity index (χ4v) is 4.42. The number of hydrogen-bond donors (Lipinski definition) is 0. The monoisotopic (exact) mass is 318 g/mol. The fourth-order valence-electron chi connectivity index (χ4n) is 3.40. The van der Waals surface area contributed by atoms with Gasteiger partial charge in [0.05, 0.1) is 6.04 Å². The molecule has 21 heavy (non-hydrogen) atoms. The van der Waals surface area contributed by atoms with Crippen molar-refractivity contribution in [3.05, 3.63) is 51.7 Å². The van der Waals surface area contributed by atoms with Crippen LogP contribution in [0.3, 0.4) is 0 Å². The zero-order valence-electron chi connectivity index (χ0n) is 11.4. The second-order valence-electron chi connectivity index (χ2n) is 5.47. The van der Waals surface area contributed by atoms with E-state index in [0.717, 1.165) is 25.1 Å². The van der Waals surface area contributed by atoms with E-state index in [1.807, 2.05) is 35.2 Å². The molecule has 3 nitrogen and oxygen atoms in total. The van der Waals surface area contributed by atoms with Crippen LogP contribution < -0.4 is 4.90 Å². The molecule has 2 aliphatic heterocycles. The Balaban J connectivity index is 1.81. The van der Waals surface area contributed by atoms with Crippen molar-refractivity contribution in [2.75, 3.05) is 11.4 Å². The lowest BCUT2D eigenvalue weighted by Gasteiger charge is -2.28. The summed E-state index contributed by atoms with van der Waals surface area (Å²) in [5.74, 6) is 0.202. The number of carbonyl (C=O) groups excluding carboxylic acids is 1. The number of amides is 1. The molecule has 2 atom stereocenters. The molecule has 0 unspecified atom stereocenters. The van der Waals surface area contributed by atoms with Crippen LogP contribution in [0, 0.1) is 0 Å². The van der Waals surface area contributed by atoms with Crippen molar-refractivity contribution in [3.8, 4) is 0 Å². The van der Waals surface area contributed by atoms with Gasteiger partial charge >= 0.3 is 0 Å². The lowest BCUT2D eigenvalue weighted by Crippen LogP contribution is -2.31. The molecular formula is C16H15ClN2OS. The fraction of sp³-hybridized carbons (Fsp3) is 0.312. The van der Waals surface area contributed by atoms with E-state index in [1.54, 1.807) is 11.3 Å². The molecule has 108 valence electrons. The van der Waals surface area contributed by atoms with Gasteiger partial charge in [-0.2, -0.15) is 0 Å². The van der Waals surface area contributed by atoms with Crippen LogP contribution >= 0.6 is 22.9 Å². The van der Waals surface area contributed by atoms with Crippen LogP contribution in [0.1, 0.15) is 23.9 Å². The first-order valence-electron chi connectivity index (χ1n) is 7.13. The number of halogens is 1. The van der Waals surface area contributed by atoms with Crippen molar-refractivity contribution in [1.29, 1.82) is 0 Å². The van der Waals surface area contributed by atoms with Crippen molar-refractivity contribution < 1.29 is 4.79 Å². The summed E-state index contributed by atoms with van der Waals surface area (Å²) in [7, 11) is 0. The molecule has 0 spiro atoms. The predicted octanol–water partition coefficient (Wildman–Crippen LogP) is 3.91. The van der Waals surface area contributed by atoms with Crippen LogP contribution in [0.4, 0.5) is 5.69 Å². The number of carbonyl (C=O) groups is 1. The topological polar surface area (TPSA) is 23.6 Å². The van der Waals surface area contributed by atoms with E-state index in [9.17, 15) is 4.79 Å². The standard InChI is InChI=1S/C16H15ClN2OS/c17-11-4-1-5-12(10-11)19-15(14-7-3-9-21-14)18-8-2-6-13(18)16(19)20/h1,3-5,7,9-10,13,15H,2,6,8H2/t13-,15+/m0/s1. The molecule has 5 heteroatoms. The van der Waals surface area contributed by atoms with E-state index in [4.69, 9.17) is 11.6 Å². The highest BCUT2D eigenvalue weighted by Crippen LogP contribution is 2.43. The Labute approximate surface area is 132 Å². The van der Waals surface area contributed by atoms with Gasteiger partial charge in [-0.15, -0.1) is 11.3 Å². The third kappa shape index (κ3) is 2.09. The number of nitrogens with zero attached hydrogens (tertiary/aromatic N) is 2. The number of hydrogen-bond acceptors (Lipinski definition) is 3. The Morgan fingerprint density at radius 1 is 1.24 bits per heavy atom. The van der Waals surface area contributed by atoms with Crippen LogP contribution in [0.25, 0.3) is 0 Å². The van der Waals surface area contributed by atoms with Gasteiger partial charge in [0.2, 0.25) is 5.91 Å². The minimum Gasteiger partial charge on any atom is -0.290 e. The molecule has 2 saturated heterocycles. The van der Waals surface area contributed by atoms with E-state index >= 15 is 0 Å². The molecule has 2 fully saturated rings. The van der Waals surface area contributed by atoms with Gasteiger partial charge in [0, 0.05) is 22.1 Å². The number of thiophene rings is 1. The molecule has 4 rings (SSSR count). The number of anilines is 1. The van der Waals surface area contributed by atoms with E-state index in [-0.39, 0.29) is 18.1 Å². The van der Waals surface area contributed by atoms with E-state index < -0.39 is 0 Å². The summed E-state index contributed by atoms with van der Waals surface area (Å²) in [6.45, 7) is 0.982. The second kappa shape index (κ2) is 5.13. The van der Waals surface area contributed by atoms with Gasteiger partial charge in [-0.1, -0.05) is 23.7 Å². The highest BCUT2D eigenvalue weighted by molar-refractivity contribution is 7.10. The Morgan fingerprint density at radius 3 is 2.90 bits per heavy atom. The third-order valence-electron chi connectivity index (χ3n) is 4.26. The maximum atomic E-state index is 12.9. The molecule has 0 N–H and O–H groups in total. The molecule has 1 amide bonds. The number of benzene rings is 1. The van der Waals surface area contributed by atoms with E-state index in [2.05, 4.69) is 16.3 Å². The summed E-state index contributed by atoms with van der Waals surface area (Å²) in [4.78, 5) is 18.3. The van der Waals surface area contributed by atoms with Gasteiger partial charge < -0.3 is 0 Å². The molecule has 2 aliphatic rings. The molecule has 0 radical (unpaired) electrons. The van der Waals surface area contributed by atoms with Crippen molar-refractivity contribution >= 4 is 34.5 Å². The Hall–Kier alpha value is -1.36. The molecule has 0 aliphatic carbocycles. The van der Waals surface area contributed by atoms with E-state index in [1.165, 1.54) is 4.88 Å². The molecule has 0 saturated carbocycles. The van der Waals surface area contributed by atoms with Crippen LogP contribution in [-0.2, 0) is 4.79 Å². The summed E-state index contributed by atoms with van der Waals surface area (Å²) >= 11 is 7.82. The summed E-state index contributed by atoms with van der Waals surface area (Å²) < 4.78 is 0. The highest BCUT2D eigenvalue weighted by Gasteiger charge is 2.49. The molecule has 2 aromatic rings. The minimum absolute atomic E-state index is 0.0171. The van der Waals surface area contributed by atoms with E-state index in [0.29, 0.717) is 5.02 Å². The van der Waals surface area contributed by atoms with Gasteiger partial charge in [-0.25, -0.2) is 0 Å². The van der Waals surface area contributed by atoms with Crippen LogP contribution in [0.2, 0.25) is 5.02 Å². The molecule has 1 aromatic heterocycles. The number of fused-ring (bicyclic) bond motifs is 1. The van der Waals surface area contributed by atoms with Gasteiger partial charge in [0.25, 0.3) is 0 Å². The summed E-state index contributed by atoms with van der Waals surface area (Å²) in [6.07, 6.45) is 2.07. The zero-order valence-corrected chi connectivity index (χ0v) is 13.0.